The van der Waals surface area contributed by atoms with Crippen LogP contribution in [0.25, 0.3) is 11.1 Å². The molecule has 0 aromatic heterocycles. The van der Waals surface area contributed by atoms with E-state index in [0.717, 1.165) is 24.2 Å². The fraction of sp³-hybridized carbons (Fsp3) is 0.381. The normalized spacial score (nSPS) is 20.8. The van der Waals surface area contributed by atoms with E-state index < -0.39 is 0 Å². The van der Waals surface area contributed by atoms with Crippen LogP contribution in [0.3, 0.4) is 0 Å². The fourth-order valence-electron chi connectivity index (χ4n) is 3.40. The van der Waals surface area contributed by atoms with Crippen LogP contribution in [0.15, 0.2) is 54.6 Å². The van der Waals surface area contributed by atoms with Crippen LogP contribution < -0.4 is 5.32 Å². The van der Waals surface area contributed by atoms with E-state index in [1.165, 1.54) is 0 Å². The molecule has 1 amide bonds. The van der Waals surface area contributed by atoms with Gasteiger partial charge in [-0.2, -0.15) is 0 Å². The van der Waals surface area contributed by atoms with Crippen LogP contribution in [0.4, 0.5) is 0 Å². The third-order valence-electron chi connectivity index (χ3n) is 4.90. The summed E-state index contributed by atoms with van der Waals surface area (Å²) in [6, 6.07) is 18.2. The Morgan fingerprint density at radius 1 is 1.08 bits per heavy atom. The van der Waals surface area contributed by atoms with Crippen molar-refractivity contribution < 1.29 is 9.53 Å². The number of likely N-dealkylation sites (tertiary alicyclic amines) is 1. The highest BCUT2D eigenvalue weighted by molar-refractivity contribution is 6.01. The SMILES string of the molecule is CO[C@@H]1CN(C(C)C)C[C@H]1NC(=O)c1ccccc1-c1ccccc1. The first kappa shape index (κ1) is 17.6. The average Bonchev–Trinajstić information content (AvgIpc) is 3.05. The van der Waals surface area contributed by atoms with Crippen LogP contribution in [-0.2, 0) is 4.74 Å². The molecule has 25 heavy (non-hydrogen) atoms. The summed E-state index contributed by atoms with van der Waals surface area (Å²) in [6.07, 6.45) is 0.0234. The average molecular weight is 338 g/mol. The lowest BCUT2D eigenvalue weighted by molar-refractivity contribution is 0.0753. The number of carbonyl (C=O) groups excluding carboxylic acids is 1. The van der Waals surface area contributed by atoms with Gasteiger partial charge in [-0.3, -0.25) is 9.69 Å². The number of methoxy groups -OCH3 is 1. The standard InChI is InChI=1S/C21H26N2O2/c1-15(2)23-13-19(20(14-23)25-3)22-21(24)18-12-8-7-11-17(18)16-9-5-4-6-10-16/h4-12,15,19-20H,13-14H2,1-3H3,(H,22,24)/t19-,20-/m1/s1. The van der Waals surface area contributed by atoms with E-state index in [2.05, 4.69) is 24.1 Å². The van der Waals surface area contributed by atoms with Gasteiger partial charge in [-0.15, -0.1) is 0 Å². The molecule has 0 saturated carbocycles. The summed E-state index contributed by atoms with van der Waals surface area (Å²) in [7, 11) is 1.71. The zero-order chi connectivity index (χ0) is 17.8. The van der Waals surface area contributed by atoms with Crippen LogP contribution in [0.5, 0.6) is 0 Å². The molecular weight excluding hydrogens is 312 g/mol. The number of amides is 1. The van der Waals surface area contributed by atoms with E-state index in [4.69, 9.17) is 4.74 Å². The topological polar surface area (TPSA) is 41.6 Å². The molecule has 132 valence electrons. The molecule has 1 fully saturated rings. The van der Waals surface area contributed by atoms with Gasteiger partial charge in [0, 0.05) is 31.8 Å². The Bertz CT molecular complexity index is 715. The molecule has 2 atom stereocenters. The molecule has 1 saturated heterocycles. The van der Waals surface area contributed by atoms with Crippen molar-refractivity contribution in [2.45, 2.75) is 32.0 Å². The zero-order valence-corrected chi connectivity index (χ0v) is 15.1. The second kappa shape index (κ2) is 7.81. The highest BCUT2D eigenvalue weighted by Gasteiger charge is 2.35. The Labute approximate surface area is 149 Å². The highest BCUT2D eigenvalue weighted by Crippen LogP contribution is 2.24. The molecule has 2 aromatic rings. The second-order valence-corrected chi connectivity index (χ2v) is 6.81. The molecule has 0 radical (unpaired) electrons. The molecule has 4 heteroatoms. The number of hydrogen-bond acceptors (Lipinski definition) is 3. The summed E-state index contributed by atoms with van der Waals surface area (Å²) in [5.74, 6) is -0.0443. The van der Waals surface area contributed by atoms with Crippen molar-refractivity contribution in [3.8, 4) is 11.1 Å². The number of ether oxygens (including phenoxy) is 1. The first-order chi connectivity index (χ1) is 12.1. The molecule has 0 bridgehead atoms. The largest absolute Gasteiger partial charge is 0.378 e. The first-order valence-electron chi connectivity index (χ1n) is 8.82. The highest BCUT2D eigenvalue weighted by atomic mass is 16.5. The molecule has 0 spiro atoms. The lowest BCUT2D eigenvalue weighted by Gasteiger charge is -2.20. The van der Waals surface area contributed by atoms with E-state index in [1.807, 2.05) is 54.6 Å². The minimum Gasteiger partial charge on any atom is -0.378 e. The summed E-state index contributed by atoms with van der Waals surface area (Å²) in [4.78, 5) is 15.3. The van der Waals surface area contributed by atoms with Crippen molar-refractivity contribution in [2.24, 2.45) is 0 Å². The minimum absolute atomic E-state index is 0.00345. The summed E-state index contributed by atoms with van der Waals surface area (Å²) < 4.78 is 5.60. The Hall–Kier alpha value is -2.17. The molecule has 1 heterocycles. The van der Waals surface area contributed by atoms with Crippen LogP contribution in [0.1, 0.15) is 24.2 Å². The molecule has 0 unspecified atom stereocenters. The molecule has 1 N–H and O–H groups in total. The van der Waals surface area contributed by atoms with Gasteiger partial charge in [0.25, 0.3) is 5.91 Å². The van der Waals surface area contributed by atoms with Gasteiger partial charge in [-0.1, -0.05) is 48.5 Å². The Morgan fingerprint density at radius 3 is 2.44 bits per heavy atom. The Morgan fingerprint density at radius 2 is 1.76 bits per heavy atom. The van der Waals surface area contributed by atoms with Crippen molar-refractivity contribution >= 4 is 5.91 Å². The quantitative estimate of drug-likeness (QED) is 0.910. The van der Waals surface area contributed by atoms with E-state index in [0.29, 0.717) is 11.6 Å². The van der Waals surface area contributed by atoms with Gasteiger partial charge in [0.1, 0.15) is 0 Å². The summed E-state index contributed by atoms with van der Waals surface area (Å²) in [6.45, 7) is 6.00. The summed E-state index contributed by atoms with van der Waals surface area (Å²) >= 11 is 0. The van der Waals surface area contributed by atoms with Crippen molar-refractivity contribution in [1.29, 1.82) is 0 Å². The molecule has 2 aromatic carbocycles. The zero-order valence-electron chi connectivity index (χ0n) is 15.1. The van der Waals surface area contributed by atoms with E-state index in [1.54, 1.807) is 7.11 Å². The van der Waals surface area contributed by atoms with Crippen LogP contribution in [0.2, 0.25) is 0 Å². The maximum absolute atomic E-state index is 12.9. The monoisotopic (exact) mass is 338 g/mol. The lowest BCUT2D eigenvalue weighted by atomic mass is 9.99. The second-order valence-electron chi connectivity index (χ2n) is 6.81. The Kier molecular flexibility index (Phi) is 5.51. The van der Waals surface area contributed by atoms with Gasteiger partial charge in [0.15, 0.2) is 0 Å². The van der Waals surface area contributed by atoms with E-state index in [9.17, 15) is 4.79 Å². The summed E-state index contributed by atoms with van der Waals surface area (Å²) in [5.41, 5.74) is 2.70. The number of benzene rings is 2. The van der Waals surface area contributed by atoms with E-state index >= 15 is 0 Å². The molecule has 1 aliphatic heterocycles. The number of rotatable bonds is 5. The van der Waals surface area contributed by atoms with Crippen molar-refractivity contribution in [2.75, 3.05) is 20.2 Å². The predicted molar refractivity (Wildman–Crippen MR) is 101 cm³/mol. The molecule has 1 aliphatic rings. The molecule has 4 nitrogen and oxygen atoms in total. The maximum Gasteiger partial charge on any atom is 0.252 e. The van der Waals surface area contributed by atoms with Crippen molar-refractivity contribution in [3.05, 3.63) is 60.2 Å². The molecule has 3 rings (SSSR count). The maximum atomic E-state index is 12.9. The van der Waals surface area contributed by atoms with E-state index in [-0.39, 0.29) is 18.1 Å². The number of nitrogens with zero attached hydrogens (tertiary/aromatic N) is 1. The van der Waals surface area contributed by atoms with Crippen LogP contribution in [-0.4, -0.2) is 49.2 Å². The summed E-state index contributed by atoms with van der Waals surface area (Å²) in [5, 5.41) is 3.19. The molecular formula is C21H26N2O2. The van der Waals surface area contributed by atoms with Crippen molar-refractivity contribution in [3.63, 3.8) is 0 Å². The third kappa shape index (κ3) is 3.91. The van der Waals surface area contributed by atoms with Gasteiger partial charge >= 0.3 is 0 Å². The first-order valence-corrected chi connectivity index (χ1v) is 8.82. The minimum atomic E-state index is -0.0443. The van der Waals surface area contributed by atoms with Gasteiger partial charge in [-0.05, 0) is 31.0 Å². The van der Waals surface area contributed by atoms with Gasteiger partial charge < -0.3 is 10.1 Å². The van der Waals surface area contributed by atoms with Gasteiger partial charge in [0.2, 0.25) is 0 Å². The van der Waals surface area contributed by atoms with Crippen molar-refractivity contribution in [1.82, 2.24) is 10.2 Å². The fourth-order valence-corrected chi connectivity index (χ4v) is 3.40. The van der Waals surface area contributed by atoms with Gasteiger partial charge in [0.05, 0.1) is 12.1 Å². The Balaban J connectivity index is 1.80. The predicted octanol–water partition coefficient (Wildman–Crippen LogP) is 3.19. The van der Waals surface area contributed by atoms with Gasteiger partial charge in [-0.25, -0.2) is 0 Å². The van der Waals surface area contributed by atoms with Crippen LogP contribution in [0, 0.1) is 0 Å². The smallest absolute Gasteiger partial charge is 0.252 e. The molecule has 0 aliphatic carbocycles. The number of hydrogen-bond donors (Lipinski definition) is 1. The lowest BCUT2D eigenvalue weighted by Crippen LogP contribution is -2.43. The number of nitrogens with one attached hydrogen (secondary N) is 1. The van der Waals surface area contributed by atoms with Crippen LogP contribution >= 0.6 is 0 Å². The number of carbonyl (C=O) groups is 1. The third-order valence-corrected chi connectivity index (χ3v) is 4.90.